The number of hydrogen-bond acceptors (Lipinski definition) is 6. The lowest BCUT2D eigenvalue weighted by molar-refractivity contribution is -0.208. The van der Waals surface area contributed by atoms with E-state index in [4.69, 9.17) is 12.3 Å². The van der Waals surface area contributed by atoms with Crippen molar-refractivity contribution in [3.05, 3.63) is 68.7 Å². The zero-order valence-corrected chi connectivity index (χ0v) is 17.5. The van der Waals surface area contributed by atoms with Crippen LogP contribution in [0.1, 0.15) is 40.5 Å². The van der Waals surface area contributed by atoms with Crippen LogP contribution in [-0.2, 0) is 23.7 Å². The monoisotopic (exact) mass is 447 g/mol. The Morgan fingerprint density at radius 3 is 2.72 bits per heavy atom. The van der Waals surface area contributed by atoms with Crippen molar-refractivity contribution in [1.82, 2.24) is 9.55 Å². The molecule has 1 aliphatic heterocycles. The summed E-state index contributed by atoms with van der Waals surface area (Å²) in [5.74, 6) is -0.364. The van der Waals surface area contributed by atoms with Crippen LogP contribution in [0.25, 0.3) is 4.85 Å². The van der Waals surface area contributed by atoms with Crippen molar-refractivity contribution >= 4 is 17.5 Å². The molecule has 3 rings (SSSR count). The van der Waals surface area contributed by atoms with E-state index in [2.05, 4.69) is 19.6 Å². The molecule has 0 saturated carbocycles. The molecule has 3 heterocycles. The maximum atomic E-state index is 13.3. The van der Waals surface area contributed by atoms with Gasteiger partial charge in [0.15, 0.2) is 11.9 Å². The van der Waals surface area contributed by atoms with Crippen LogP contribution in [0.3, 0.4) is 0 Å². The summed E-state index contributed by atoms with van der Waals surface area (Å²) >= 11 is 0. The van der Waals surface area contributed by atoms with Crippen molar-refractivity contribution in [3.8, 4) is 0 Å². The van der Waals surface area contributed by atoms with Gasteiger partial charge in [0.2, 0.25) is 5.69 Å². The average Bonchev–Trinajstić information content (AvgIpc) is 2.68. The Morgan fingerprint density at radius 2 is 2.12 bits per heavy atom. The molecule has 2 aromatic rings. The van der Waals surface area contributed by atoms with E-state index < -0.39 is 35.8 Å². The Kier molecular flexibility index (Phi) is 5.82. The Bertz CT molecular complexity index is 1210. The van der Waals surface area contributed by atoms with Gasteiger partial charge in [-0.2, -0.15) is 13.2 Å². The fourth-order valence-corrected chi connectivity index (χ4v) is 3.66. The number of rotatable bonds is 4. The van der Waals surface area contributed by atoms with Gasteiger partial charge in [0.1, 0.15) is 5.69 Å². The number of pyridine rings is 2. The Hall–Kier alpha value is -3.68. The number of nitrogens with zero attached hydrogens (tertiary/aromatic N) is 4. The summed E-state index contributed by atoms with van der Waals surface area (Å²) in [6.45, 7) is 10.0. The molecule has 0 spiro atoms. The SMILES string of the molecule is [C-]#[N+]c1cnc(C(=O)Cc2cc([C@]3(C)C[C@@H](C(F)(F)F)OC(N)=N3)c(=O)n(C)c2)c(C)c1. The van der Waals surface area contributed by atoms with E-state index in [9.17, 15) is 22.8 Å². The van der Waals surface area contributed by atoms with Gasteiger partial charge in [-0.15, -0.1) is 0 Å². The van der Waals surface area contributed by atoms with Crippen LogP contribution in [0, 0.1) is 13.5 Å². The molecule has 0 aliphatic carbocycles. The molecule has 0 amide bonds. The second kappa shape index (κ2) is 8.11. The molecule has 0 saturated heterocycles. The van der Waals surface area contributed by atoms with E-state index in [0.29, 0.717) is 16.8 Å². The van der Waals surface area contributed by atoms with Crippen LogP contribution in [0.2, 0.25) is 0 Å². The zero-order valence-electron chi connectivity index (χ0n) is 17.5. The molecule has 11 heteroatoms. The molecule has 0 bridgehead atoms. The number of hydrogen-bond donors (Lipinski definition) is 1. The number of alkyl halides is 3. The third-order valence-corrected chi connectivity index (χ3v) is 5.21. The van der Waals surface area contributed by atoms with Gasteiger partial charge in [0, 0.05) is 37.8 Å². The van der Waals surface area contributed by atoms with E-state index in [1.54, 1.807) is 6.92 Å². The third kappa shape index (κ3) is 4.49. The van der Waals surface area contributed by atoms with Crippen LogP contribution >= 0.6 is 0 Å². The average molecular weight is 447 g/mol. The van der Waals surface area contributed by atoms with Crippen molar-refractivity contribution < 1.29 is 22.7 Å². The van der Waals surface area contributed by atoms with Gasteiger partial charge in [0.05, 0.1) is 12.1 Å². The number of carbonyl (C=O) groups excluding carboxylic acids is 1. The number of carbonyl (C=O) groups is 1. The van der Waals surface area contributed by atoms with E-state index in [0.717, 1.165) is 0 Å². The smallest absolute Gasteiger partial charge is 0.425 e. The Balaban J connectivity index is 2.00. The van der Waals surface area contributed by atoms with Gasteiger partial charge in [-0.3, -0.25) is 14.6 Å². The minimum Gasteiger partial charge on any atom is -0.452 e. The summed E-state index contributed by atoms with van der Waals surface area (Å²) in [7, 11) is 1.44. The molecule has 8 nitrogen and oxygen atoms in total. The molecule has 1 aliphatic rings. The largest absolute Gasteiger partial charge is 0.452 e. The number of Topliss-reactive ketones (excluding diaryl/α,β-unsaturated/α-hetero) is 1. The van der Waals surface area contributed by atoms with Gasteiger partial charge in [-0.25, -0.2) is 9.84 Å². The van der Waals surface area contributed by atoms with E-state index in [1.807, 2.05) is 0 Å². The molecule has 168 valence electrons. The summed E-state index contributed by atoms with van der Waals surface area (Å²) in [6, 6.07) is 2.25. The number of amidine groups is 1. The Labute approximate surface area is 181 Å². The quantitative estimate of drug-likeness (QED) is 0.573. The number of aromatic nitrogens is 2. The van der Waals surface area contributed by atoms with Crippen molar-refractivity contribution in [3.63, 3.8) is 0 Å². The topological polar surface area (TPSA) is 104 Å². The van der Waals surface area contributed by atoms with Gasteiger partial charge in [-0.05, 0) is 37.1 Å². The minimum atomic E-state index is -4.69. The molecular weight excluding hydrogens is 427 g/mol. The van der Waals surface area contributed by atoms with Crippen LogP contribution in [-0.4, -0.2) is 33.6 Å². The number of aliphatic imine (C=N–C) groups is 1. The minimum absolute atomic E-state index is 0.0289. The molecule has 2 atom stereocenters. The standard InChI is InChI=1S/C21H20F3N5O3/c1-11-5-13(26-3)9-27-17(11)15(30)7-12-6-14(18(31)29(4)10-12)20(2)8-16(21(22,23)24)32-19(25)28-20/h5-6,9-10,16H,7-8H2,1-2,4H3,(H2,25,28)/t16-,20-/m0/s1. The predicted octanol–water partition coefficient (Wildman–Crippen LogP) is 2.95. The highest BCUT2D eigenvalue weighted by Crippen LogP contribution is 2.39. The van der Waals surface area contributed by atoms with Crippen LogP contribution in [0.4, 0.5) is 18.9 Å². The first-order valence-corrected chi connectivity index (χ1v) is 9.50. The van der Waals surface area contributed by atoms with Crippen molar-refractivity contribution in [2.24, 2.45) is 17.8 Å². The lowest BCUT2D eigenvalue weighted by atomic mass is 9.85. The Morgan fingerprint density at radius 1 is 1.44 bits per heavy atom. The maximum Gasteiger partial charge on any atom is 0.425 e. The van der Waals surface area contributed by atoms with Gasteiger partial charge in [0.25, 0.3) is 11.6 Å². The highest BCUT2D eigenvalue weighted by atomic mass is 19.4. The maximum absolute atomic E-state index is 13.3. The first-order chi connectivity index (χ1) is 14.8. The van der Waals surface area contributed by atoms with E-state index >= 15 is 0 Å². The summed E-state index contributed by atoms with van der Waals surface area (Å²) in [6.07, 6.45) is -4.97. The van der Waals surface area contributed by atoms with E-state index in [-0.39, 0.29) is 23.5 Å². The zero-order chi connectivity index (χ0) is 23.8. The number of ketones is 1. The van der Waals surface area contributed by atoms with Crippen molar-refractivity contribution in [2.75, 3.05) is 0 Å². The lowest BCUT2D eigenvalue weighted by Gasteiger charge is -2.35. The first-order valence-electron chi connectivity index (χ1n) is 9.50. The highest BCUT2D eigenvalue weighted by Gasteiger charge is 2.50. The second-order valence-electron chi connectivity index (χ2n) is 7.82. The predicted molar refractivity (Wildman–Crippen MR) is 109 cm³/mol. The lowest BCUT2D eigenvalue weighted by Crippen LogP contribution is -2.47. The molecule has 2 N–H and O–H groups in total. The molecule has 2 aromatic heterocycles. The molecule has 32 heavy (non-hydrogen) atoms. The molecule has 0 radical (unpaired) electrons. The van der Waals surface area contributed by atoms with Gasteiger partial charge >= 0.3 is 6.18 Å². The van der Waals surface area contributed by atoms with Crippen LogP contribution < -0.4 is 11.3 Å². The van der Waals surface area contributed by atoms with Crippen LogP contribution in [0.5, 0.6) is 0 Å². The summed E-state index contributed by atoms with van der Waals surface area (Å²) in [4.78, 5) is 36.9. The van der Waals surface area contributed by atoms with Crippen LogP contribution in [0.15, 0.2) is 34.3 Å². The van der Waals surface area contributed by atoms with Crippen molar-refractivity contribution in [2.45, 2.75) is 44.5 Å². The summed E-state index contributed by atoms with van der Waals surface area (Å²) in [5.41, 5.74) is 4.70. The summed E-state index contributed by atoms with van der Waals surface area (Å²) in [5, 5.41) is 0. The molecular formula is C21H20F3N5O3. The fraction of sp³-hybridized carbons (Fsp3) is 0.381. The molecule has 0 aromatic carbocycles. The first kappa shape index (κ1) is 23.0. The summed E-state index contributed by atoms with van der Waals surface area (Å²) < 4.78 is 45.7. The fourth-order valence-electron chi connectivity index (χ4n) is 3.66. The van der Waals surface area contributed by atoms with Crippen molar-refractivity contribution in [1.29, 1.82) is 0 Å². The van der Waals surface area contributed by atoms with Gasteiger partial charge in [-0.1, -0.05) is 0 Å². The second-order valence-corrected chi connectivity index (χ2v) is 7.82. The number of aryl methyl sites for hydroxylation is 2. The van der Waals surface area contributed by atoms with Gasteiger partial charge < -0.3 is 15.0 Å². The van der Waals surface area contributed by atoms with E-state index in [1.165, 1.54) is 43.1 Å². The molecule has 0 fully saturated rings. The highest BCUT2D eigenvalue weighted by molar-refractivity contribution is 5.97. The molecule has 0 unspecified atom stereocenters. The third-order valence-electron chi connectivity index (χ3n) is 5.21. The number of nitrogens with two attached hydrogens (primary N) is 1. The normalized spacial score (nSPS) is 20.8. The number of halogens is 3. The number of ether oxygens (including phenoxy) is 1.